The molecular weight excluding hydrogens is 464 g/mol. The van der Waals surface area contributed by atoms with Crippen LogP contribution in [0.1, 0.15) is 42.2 Å². The number of aliphatic imine (C=N–C) groups is 1. The maximum atomic E-state index is 13.1. The van der Waals surface area contributed by atoms with Crippen molar-refractivity contribution in [2.45, 2.75) is 37.8 Å². The summed E-state index contributed by atoms with van der Waals surface area (Å²) < 4.78 is 3.00. The summed E-state index contributed by atoms with van der Waals surface area (Å²) in [6, 6.07) is 5.08. The van der Waals surface area contributed by atoms with E-state index < -0.39 is 17.9 Å². The summed E-state index contributed by atoms with van der Waals surface area (Å²) in [5, 5.41) is 20.5. The van der Waals surface area contributed by atoms with Crippen molar-refractivity contribution in [3.05, 3.63) is 46.6 Å². The molecule has 0 aromatic carbocycles. The molecule has 3 aromatic heterocycles. The lowest BCUT2D eigenvalue weighted by Crippen LogP contribution is -2.25. The minimum absolute atomic E-state index is 0.0557. The topological polar surface area (TPSA) is 146 Å². The van der Waals surface area contributed by atoms with Crippen LogP contribution in [0.3, 0.4) is 0 Å². The molecule has 3 aromatic rings. The Balaban J connectivity index is 1.44. The molecule has 2 amide bonds. The molecule has 5 rings (SSSR count). The Morgan fingerprint density at radius 1 is 1.25 bits per heavy atom. The molecule has 188 valence electrons. The van der Waals surface area contributed by atoms with Crippen LogP contribution in [0.15, 0.2) is 40.4 Å². The number of hydrogen-bond donors (Lipinski definition) is 3. The second-order valence-corrected chi connectivity index (χ2v) is 9.19. The van der Waals surface area contributed by atoms with Crippen LogP contribution >= 0.6 is 0 Å². The highest BCUT2D eigenvalue weighted by atomic mass is 16.3. The summed E-state index contributed by atoms with van der Waals surface area (Å²) >= 11 is 0. The number of imidazole rings is 1. The first kappa shape index (κ1) is 23.7. The predicted molar refractivity (Wildman–Crippen MR) is 134 cm³/mol. The number of hydrogen-bond acceptors (Lipinski definition) is 8. The quantitative estimate of drug-likeness (QED) is 0.438. The third-order valence-electron chi connectivity index (χ3n) is 6.80. The van der Waals surface area contributed by atoms with Gasteiger partial charge in [-0.1, -0.05) is 0 Å². The lowest BCUT2D eigenvalue weighted by molar-refractivity contribution is -0.128. The normalized spacial score (nSPS) is 22.1. The fourth-order valence-electron chi connectivity index (χ4n) is 4.79. The lowest BCUT2D eigenvalue weighted by atomic mass is 10.1. The van der Waals surface area contributed by atoms with Crippen LogP contribution in [-0.4, -0.2) is 73.9 Å². The zero-order valence-corrected chi connectivity index (χ0v) is 20.1. The maximum Gasteiger partial charge on any atom is 0.296 e. The second-order valence-electron chi connectivity index (χ2n) is 9.19. The van der Waals surface area contributed by atoms with Gasteiger partial charge in [-0.25, -0.2) is 14.5 Å². The monoisotopic (exact) mass is 492 g/mol. The van der Waals surface area contributed by atoms with Gasteiger partial charge < -0.3 is 25.2 Å². The molecule has 0 bridgehead atoms. The summed E-state index contributed by atoms with van der Waals surface area (Å²) in [7, 11) is 3.44. The Bertz CT molecular complexity index is 1410. The van der Waals surface area contributed by atoms with Crippen LogP contribution in [-0.2, 0) is 4.79 Å². The molecule has 3 unspecified atom stereocenters. The van der Waals surface area contributed by atoms with Crippen LogP contribution < -0.4 is 16.2 Å². The van der Waals surface area contributed by atoms with Gasteiger partial charge in [-0.3, -0.25) is 14.4 Å². The van der Waals surface area contributed by atoms with E-state index in [0.717, 1.165) is 6.42 Å². The van der Waals surface area contributed by atoms with Gasteiger partial charge >= 0.3 is 0 Å². The van der Waals surface area contributed by atoms with Crippen molar-refractivity contribution in [1.29, 1.82) is 0 Å². The van der Waals surface area contributed by atoms with E-state index in [9.17, 15) is 19.5 Å². The maximum absolute atomic E-state index is 13.1. The third-order valence-corrected chi connectivity index (χ3v) is 6.80. The molecule has 12 nitrogen and oxygen atoms in total. The second kappa shape index (κ2) is 9.53. The molecule has 36 heavy (non-hydrogen) atoms. The number of rotatable bonds is 6. The van der Waals surface area contributed by atoms with E-state index in [1.165, 1.54) is 16.9 Å². The Hall–Kier alpha value is -4.06. The predicted octanol–water partition coefficient (Wildman–Crippen LogP) is 1.45. The van der Waals surface area contributed by atoms with Crippen molar-refractivity contribution < 1.29 is 14.7 Å². The van der Waals surface area contributed by atoms with Gasteiger partial charge in [0.05, 0.1) is 23.9 Å². The Morgan fingerprint density at radius 3 is 2.78 bits per heavy atom. The Kier molecular flexibility index (Phi) is 6.27. The fraction of sp³-hybridized carbons (Fsp3) is 0.417. The first-order valence-electron chi connectivity index (χ1n) is 11.9. The number of carbonyl (C=O) groups excluding carboxylic acids is 2. The molecule has 3 atom stereocenters. The number of likely N-dealkylation sites (tertiary alicyclic amines) is 1. The van der Waals surface area contributed by atoms with Gasteiger partial charge in [0.25, 0.3) is 11.5 Å². The van der Waals surface area contributed by atoms with Gasteiger partial charge in [-0.2, -0.15) is 0 Å². The number of carbonyl (C=O) groups is 2. The van der Waals surface area contributed by atoms with Gasteiger partial charge in [0, 0.05) is 45.2 Å². The number of aliphatic hydroxyl groups is 1. The molecular formula is C24H28N8O4. The number of anilines is 3. The van der Waals surface area contributed by atoms with Crippen molar-refractivity contribution in [2.24, 2.45) is 10.9 Å². The zero-order chi connectivity index (χ0) is 25.4. The summed E-state index contributed by atoms with van der Waals surface area (Å²) in [6.45, 7) is 0.629. The van der Waals surface area contributed by atoms with Crippen LogP contribution in [0.2, 0.25) is 0 Å². The van der Waals surface area contributed by atoms with Gasteiger partial charge in [-0.05, 0) is 37.8 Å². The zero-order valence-electron chi connectivity index (χ0n) is 20.1. The number of nitrogens with one attached hydrogen (secondary N) is 2. The van der Waals surface area contributed by atoms with Crippen molar-refractivity contribution in [2.75, 3.05) is 31.3 Å². The highest BCUT2D eigenvalue weighted by Gasteiger charge is 2.28. The van der Waals surface area contributed by atoms with E-state index in [2.05, 4.69) is 25.7 Å². The molecule has 3 N–H and O–H groups in total. The molecule has 1 aliphatic carbocycles. The number of nitrogens with zero attached hydrogens (tertiary/aromatic N) is 6. The summed E-state index contributed by atoms with van der Waals surface area (Å²) in [5.74, 6) is -0.722. The van der Waals surface area contributed by atoms with Crippen LogP contribution in [0.25, 0.3) is 5.65 Å². The average molecular weight is 493 g/mol. The molecule has 1 saturated heterocycles. The molecule has 1 aliphatic heterocycles. The largest absolute Gasteiger partial charge is 0.393 e. The Labute approximate surface area is 206 Å². The molecule has 2 aliphatic rings. The van der Waals surface area contributed by atoms with E-state index >= 15 is 0 Å². The van der Waals surface area contributed by atoms with E-state index in [4.69, 9.17) is 0 Å². The number of fused-ring (bicyclic) bond motifs is 1. The SMILES string of the molecule is CNc1cc(Nc2cccn(C3CCC(O)C3)c2=O)nn2c(C(=O)N=CC3CCN(C)C3=O)cnc12. The highest BCUT2D eigenvalue weighted by molar-refractivity contribution is 6.03. The highest BCUT2D eigenvalue weighted by Crippen LogP contribution is 2.29. The molecule has 0 spiro atoms. The van der Waals surface area contributed by atoms with E-state index in [1.807, 2.05) is 0 Å². The van der Waals surface area contributed by atoms with E-state index in [-0.39, 0.29) is 23.2 Å². The molecule has 4 heterocycles. The standard InChI is InChI=1S/C24H28N8O4/c1-25-18-11-20(28-17-4-3-8-31(24(17)36)15-5-6-16(33)10-15)29-32-19(13-26-21(18)32)22(34)27-12-14-7-9-30(2)23(14)35/h3-4,8,11-16,25,33H,5-7,9-10H2,1-2H3,(H,28,29). The first-order chi connectivity index (χ1) is 17.4. The van der Waals surface area contributed by atoms with Crippen molar-refractivity contribution in [3.63, 3.8) is 0 Å². The summed E-state index contributed by atoms with van der Waals surface area (Å²) in [4.78, 5) is 48.0. The van der Waals surface area contributed by atoms with Crippen molar-refractivity contribution in [1.82, 2.24) is 24.1 Å². The van der Waals surface area contributed by atoms with Gasteiger partial charge in [0.1, 0.15) is 5.69 Å². The number of amides is 2. The van der Waals surface area contributed by atoms with Crippen LogP contribution in [0.5, 0.6) is 0 Å². The first-order valence-corrected chi connectivity index (χ1v) is 11.9. The average Bonchev–Trinajstić information content (AvgIpc) is 3.58. The van der Waals surface area contributed by atoms with E-state index in [1.54, 1.807) is 48.0 Å². The third kappa shape index (κ3) is 4.35. The van der Waals surface area contributed by atoms with Crippen LogP contribution in [0.4, 0.5) is 17.2 Å². The molecule has 2 fully saturated rings. The van der Waals surface area contributed by atoms with Crippen LogP contribution in [0, 0.1) is 5.92 Å². The van der Waals surface area contributed by atoms with Crippen molar-refractivity contribution in [3.8, 4) is 0 Å². The smallest absolute Gasteiger partial charge is 0.296 e. The molecule has 0 radical (unpaired) electrons. The number of aromatic nitrogens is 4. The molecule has 12 heteroatoms. The minimum atomic E-state index is -0.571. The van der Waals surface area contributed by atoms with Gasteiger partial charge in [0.15, 0.2) is 17.2 Å². The van der Waals surface area contributed by atoms with Crippen molar-refractivity contribution >= 4 is 40.9 Å². The van der Waals surface area contributed by atoms with Gasteiger partial charge in [-0.15, -0.1) is 5.10 Å². The minimum Gasteiger partial charge on any atom is -0.393 e. The summed E-state index contributed by atoms with van der Waals surface area (Å²) in [6.07, 6.45) is 6.67. The summed E-state index contributed by atoms with van der Waals surface area (Å²) in [5.41, 5.74) is 1.25. The number of aliphatic hydroxyl groups excluding tert-OH is 1. The molecule has 1 saturated carbocycles. The Morgan fingerprint density at radius 2 is 2.08 bits per heavy atom. The lowest BCUT2D eigenvalue weighted by Gasteiger charge is -2.15. The fourth-order valence-corrected chi connectivity index (χ4v) is 4.79. The number of pyridine rings is 1. The van der Waals surface area contributed by atoms with E-state index in [0.29, 0.717) is 48.6 Å². The van der Waals surface area contributed by atoms with Gasteiger partial charge in [0.2, 0.25) is 5.91 Å².